The second-order valence-electron chi connectivity index (χ2n) is 4.12. The molecule has 0 spiro atoms. The van der Waals surface area contributed by atoms with Gasteiger partial charge in [-0.1, -0.05) is 30.3 Å². The Balaban J connectivity index is 1.73. The van der Waals surface area contributed by atoms with Gasteiger partial charge in [0.2, 0.25) is 0 Å². The summed E-state index contributed by atoms with van der Waals surface area (Å²) in [5, 5.41) is 4.04. The zero-order valence-electron chi connectivity index (χ0n) is 9.21. The smallest absolute Gasteiger partial charge is 0.138 e. The van der Waals surface area contributed by atoms with Gasteiger partial charge in [-0.15, -0.1) is 0 Å². The van der Waals surface area contributed by atoms with E-state index >= 15 is 0 Å². The molecular weight excluding hydrogens is 222 g/mol. The summed E-state index contributed by atoms with van der Waals surface area (Å²) in [5.74, 6) is 0.719. The van der Waals surface area contributed by atoms with Crippen molar-refractivity contribution in [2.75, 3.05) is 13.2 Å². The van der Waals surface area contributed by atoms with Crippen LogP contribution in [0.25, 0.3) is 0 Å². The van der Waals surface area contributed by atoms with Gasteiger partial charge in [-0.05, 0) is 30.5 Å². The maximum absolute atomic E-state index is 5.97. The Hall–Kier alpha value is -0.990. The first-order chi connectivity index (χ1) is 7.75. The normalized spacial score (nSPS) is 14.8. The van der Waals surface area contributed by atoms with Crippen molar-refractivity contribution in [3.63, 3.8) is 0 Å². The van der Waals surface area contributed by atoms with Gasteiger partial charge in [-0.25, -0.2) is 0 Å². The number of para-hydroxylation sites is 1. The Bertz CT molecular complexity index is 374. The fourth-order valence-electron chi connectivity index (χ4n) is 1.37. The van der Waals surface area contributed by atoms with Crippen molar-refractivity contribution >= 4 is 11.6 Å². The summed E-state index contributed by atoms with van der Waals surface area (Å²) in [6.45, 7) is 5.31. The van der Waals surface area contributed by atoms with E-state index in [9.17, 15) is 0 Å². The van der Waals surface area contributed by atoms with Crippen molar-refractivity contribution in [1.29, 1.82) is 0 Å². The number of hydrogen-bond donors (Lipinski definition) is 1. The van der Waals surface area contributed by atoms with E-state index in [0.717, 1.165) is 17.9 Å². The average molecular weight is 238 g/mol. The van der Waals surface area contributed by atoms with Crippen LogP contribution in [0.2, 0.25) is 5.02 Å². The van der Waals surface area contributed by atoms with Crippen LogP contribution in [0.3, 0.4) is 0 Å². The Morgan fingerprint density at radius 2 is 2.19 bits per heavy atom. The highest BCUT2D eigenvalue weighted by Crippen LogP contribution is 2.23. The van der Waals surface area contributed by atoms with E-state index in [2.05, 4.69) is 11.9 Å². The van der Waals surface area contributed by atoms with Gasteiger partial charge in [-0.2, -0.15) is 0 Å². The third-order valence-corrected chi connectivity index (χ3v) is 2.80. The Morgan fingerprint density at radius 3 is 2.88 bits per heavy atom. The number of ether oxygens (including phenoxy) is 1. The van der Waals surface area contributed by atoms with Crippen molar-refractivity contribution in [2.45, 2.75) is 18.9 Å². The summed E-state index contributed by atoms with van der Waals surface area (Å²) < 4.78 is 5.58. The quantitative estimate of drug-likeness (QED) is 0.768. The van der Waals surface area contributed by atoms with Crippen LogP contribution in [0.5, 0.6) is 5.75 Å². The molecule has 0 radical (unpaired) electrons. The van der Waals surface area contributed by atoms with Crippen LogP contribution in [0.15, 0.2) is 36.4 Å². The molecule has 0 bridgehead atoms. The molecule has 1 aliphatic carbocycles. The first-order valence-corrected chi connectivity index (χ1v) is 5.91. The number of hydrogen-bond acceptors (Lipinski definition) is 2. The Morgan fingerprint density at radius 1 is 1.44 bits per heavy atom. The lowest BCUT2D eigenvalue weighted by Crippen LogP contribution is -2.21. The van der Waals surface area contributed by atoms with E-state index in [-0.39, 0.29) is 0 Å². The molecule has 1 saturated carbocycles. The van der Waals surface area contributed by atoms with Gasteiger partial charge < -0.3 is 10.1 Å². The summed E-state index contributed by atoms with van der Waals surface area (Å²) in [7, 11) is 0. The van der Waals surface area contributed by atoms with Gasteiger partial charge in [-0.3, -0.25) is 0 Å². The summed E-state index contributed by atoms with van der Waals surface area (Å²) >= 11 is 5.97. The van der Waals surface area contributed by atoms with E-state index in [1.165, 1.54) is 12.8 Å². The molecule has 1 aliphatic rings. The van der Waals surface area contributed by atoms with E-state index in [4.69, 9.17) is 16.3 Å². The summed E-state index contributed by atoms with van der Waals surface area (Å²) in [6.07, 6.45) is 2.58. The second kappa shape index (κ2) is 5.37. The Labute approximate surface area is 101 Å². The largest absolute Gasteiger partial charge is 0.488 e. The minimum atomic E-state index is 0.517. The van der Waals surface area contributed by atoms with Crippen LogP contribution < -0.4 is 10.1 Å². The molecule has 16 heavy (non-hydrogen) atoms. The lowest BCUT2D eigenvalue weighted by Gasteiger charge is -2.10. The molecule has 1 aromatic rings. The molecule has 2 nitrogen and oxygen atoms in total. The average Bonchev–Trinajstić information content (AvgIpc) is 3.09. The van der Waals surface area contributed by atoms with Crippen LogP contribution in [0.4, 0.5) is 0 Å². The van der Waals surface area contributed by atoms with Gasteiger partial charge in [0.1, 0.15) is 12.4 Å². The third-order valence-electron chi connectivity index (χ3n) is 2.49. The third kappa shape index (κ3) is 3.54. The van der Waals surface area contributed by atoms with Crippen molar-refractivity contribution in [3.05, 3.63) is 41.4 Å². The molecular formula is C13H16ClNO. The monoisotopic (exact) mass is 237 g/mol. The summed E-state index contributed by atoms with van der Waals surface area (Å²) in [4.78, 5) is 0. The van der Waals surface area contributed by atoms with E-state index in [0.29, 0.717) is 17.7 Å². The molecule has 1 fully saturated rings. The molecule has 0 unspecified atom stereocenters. The number of benzene rings is 1. The second-order valence-corrected chi connectivity index (χ2v) is 4.53. The van der Waals surface area contributed by atoms with Crippen LogP contribution in [0, 0.1) is 0 Å². The molecule has 0 amide bonds. The molecule has 3 heteroatoms. The van der Waals surface area contributed by atoms with Crippen molar-refractivity contribution in [2.24, 2.45) is 0 Å². The highest BCUT2D eigenvalue weighted by atomic mass is 35.5. The summed E-state index contributed by atoms with van der Waals surface area (Å²) in [6, 6.07) is 8.19. The molecule has 1 aromatic carbocycles. The molecule has 0 saturated heterocycles. The van der Waals surface area contributed by atoms with Crippen molar-refractivity contribution in [3.8, 4) is 5.75 Å². The lowest BCUT2D eigenvalue weighted by molar-refractivity contribution is 0.348. The number of rotatable bonds is 6. The fourth-order valence-corrected chi connectivity index (χ4v) is 1.56. The Kier molecular flexibility index (Phi) is 3.86. The first kappa shape index (κ1) is 11.5. The topological polar surface area (TPSA) is 21.3 Å². The highest BCUT2D eigenvalue weighted by Gasteiger charge is 2.20. The van der Waals surface area contributed by atoms with Gasteiger partial charge in [0, 0.05) is 12.6 Å². The SMILES string of the molecule is C=C(CNC1CC1)COc1ccccc1Cl. The maximum atomic E-state index is 5.97. The predicted molar refractivity (Wildman–Crippen MR) is 67.1 cm³/mol. The first-order valence-electron chi connectivity index (χ1n) is 5.53. The molecule has 2 rings (SSSR count). The van der Waals surface area contributed by atoms with Gasteiger partial charge in [0.15, 0.2) is 0 Å². The van der Waals surface area contributed by atoms with Gasteiger partial charge in [0.05, 0.1) is 5.02 Å². The minimum Gasteiger partial charge on any atom is -0.488 e. The van der Waals surface area contributed by atoms with E-state index < -0.39 is 0 Å². The lowest BCUT2D eigenvalue weighted by atomic mass is 10.3. The maximum Gasteiger partial charge on any atom is 0.138 e. The van der Waals surface area contributed by atoms with Crippen LogP contribution in [0.1, 0.15) is 12.8 Å². The van der Waals surface area contributed by atoms with Crippen molar-refractivity contribution in [1.82, 2.24) is 5.32 Å². The van der Waals surface area contributed by atoms with Crippen LogP contribution in [-0.4, -0.2) is 19.2 Å². The molecule has 0 atom stereocenters. The van der Waals surface area contributed by atoms with Crippen LogP contribution in [-0.2, 0) is 0 Å². The van der Waals surface area contributed by atoms with E-state index in [1.54, 1.807) is 0 Å². The zero-order chi connectivity index (χ0) is 11.4. The fraction of sp³-hybridized carbons (Fsp3) is 0.385. The standard InChI is InChI=1S/C13H16ClNO/c1-10(8-15-11-6-7-11)9-16-13-5-3-2-4-12(13)14/h2-5,11,15H,1,6-9H2. The molecule has 0 aliphatic heterocycles. The van der Waals surface area contributed by atoms with E-state index in [1.807, 2.05) is 24.3 Å². The number of nitrogens with one attached hydrogen (secondary N) is 1. The van der Waals surface area contributed by atoms with Gasteiger partial charge >= 0.3 is 0 Å². The number of halogens is 1. The summed E-state index contributed by atoms with van der Waals surface area (Å²) in [5.41, 5.74) is 1.05. The van der Waals surface area contributed by atoms with Crippen molar-refractivity contribution < 1.29 is 4.74 Å². The molecule has 0 heterocycles. The molecule has 0 aromatic heterocycles. The predicted octanol–water partition coefficient (Wildman–Crippen LogP) is 3.03. The van der Waals surface area contributed by atoms with Gasteiger partial charge in [0.25, 0.3) is 0 Å². The molecule has 86 valence electrons. The highest BCUT2D eigenvalue weighted by molar-refractivity contribution is 6.32. The zero-order valence-corrected chi connectivity index (χ0v) is 9.96. The minimum absolute atomic E-state index is 0.517. The molecule has 1 N–H and O–H groups in total. The van der Waals surface area contributed by atoms with Crippen LogP contribution >= 0.6 is 11.6 Å².